The van der Waals surface area contributed by atoms with E-state index in [0.29, 0.717) is 31.8 Å². The lowest BCUT2D eigenvalue weighted by Gasteiger charge is -2.06. The molecule has 1 amide bonds. The molecule has 0 heterocycles. The lowest BCUT2D eigenvalue weighted by Crippen LogP contribution is -2.12. The Balaban J connectivity index is 2.42. The second-order valence-corrected chi connectivity index (χ2v) is 4.11. The first-order valence-corrected chi connectivity index (χ1v) is 6.34. The monoisotopic (exact) mass is 264 g/mol. The first-order chi connectivity index (χ1) is 9.17. The maximum absolute atomic E-state index is 11.6. The van der Waals surface area contributed by atoms with Gasteiger partial charge in [-0.15, -0.1) is 0 Å². The van der Waals surface area contributed by atoms with E-state index in [1.165, 1.54) is 0 Å². The molecule has 0 saturated carbocycles. The molecule has 0 spiro atoms. The largest absolute Gasteiger partial charge is 0.411 e. The molecule has 1 aromatic rings. The number of anilines is 1. The van der Waals surface area contributed by atoms with Crippen LogP contribution in [-0.2, 0) is 9.53 Å². The Bertz CT molecular complexity index is 427. The molecule has 1 aromatic carbocycles. The van der Waals surface area contributed by atoms with Crippen molar-refractivity contribution in [3.8, 4) is 0 Å². The Morgan fingerprint density at radius 3 is 2.63 bits per heavy atom. The Labute approximate surface area is 113 Å². The molecule has 1 rings (SSSR count). The third kappa shape index (κ3) is 5.52. The number of carbonyl (C=O) groups excluding carboxylic acids is 1. The molecule has 0 bridgehead atoms. The van der Waals surface area contributed by atoms with Gasteiger partial charge in [-0.2, -0.15) is 0 Å². The Kier molecular flexibility index (Phi) is 6.60. The summed E-state index contributed by atoms with van der Waals surface area (Å²) in [6.45, 7) is 4.92. The summed E-state index contributed by atoms with van der Waals surface area (Å²) in [6, 6.07) is 7.16. The van der Waals surface area contributed by atoms with E-state index >= 15 is 0 Å². The van der Waals surface area contributed by atoms with E-state index in [-0.39, 0.29) is 5.91 Å². The van der Waals surface area contributed by atoms with Gasteiger partial charge in [-0.3, -0.25) is 4.79 Å². The third-order valence-corrected chi connectivity index (χ3v) is 2.63. The molecule has 5 nitrogen and oxygen atoms in total. The van der Waals surface area contributed by atoms with E-state index in [2.05, 4.69) is 10.5 Å². The van der Waals surface area contributed by atoms with Gasteiger partial charge in [-0.1, -0.05) is 17.3 Å². The van der Waals surface area contributed by atoms with E-state index in [1.54, 1.807) is 31.2 Å². The number of rotatable bonds is 7. The molecule has 0 aromatic heterocycles. The Morgan fingerprint density at radius 2 is 2.05 bits per heavy atom. The van der Waals surface area contributed by atoms with E-state index in [4.69, 9.17) is 9.94 Å². The molecule has 0 fully saturated rings. The highest BCUT2D eigenvalue weighted by molar-refractivity contribution is 5.99. The van der Waals surface area contributed by atoms with Crippen LogP contribution < -0.4 is 5.32 Å². The van der Waals surface area contributed by atoms with Crippen LogP contribution in [0, 0.1) is 0 Å². The van der Waals surface area contributed by atoms with Gasteiger partial charge in [-0.25, -0.2) is 0 Å². The predicted molar refractivity (Wildman–Crippen MR) is 74.8 cm³/mol. The SMILES string of the molecule is CCOCCCC(=O)Nc1ccc(C(C)=NO)cc1. The average molecular weight is 264 g/mol. The zero-order valence-electron chi connectivity index (χ0n) is 11.3. The van der Waals surface area contributed by atoms with E-state index in [9.17, 15) is 4.79 Å². The van der Waals surface area contributed by atoms with Crippen molar-refractivity contribution in [3.63, 3.8) is 0 Å². The van der Waals surface area contributed by atoms with Gasteiger partial charge in [-0.05, 0) is 38.0 Å². The number of hydrogen-bond acceptors (Lipinski definition) is 4. The summed E-state index contributed by atoms with van der Waals surface area (Å²) < 4.78 is 5.17. The average Bonchev–Trinajstić information content (AvgIpc) is 2.43. The van der Waals surface area contributed by atoms with Crippen molar-refractivity contribution in [2.24, 2.45) is 5.16 Å². The van der Waals surface area contributed by atoms with Crippen LogP contribution in [0.1, 0.15) is 32.3 Å². The van der Waals surface area contributed by atoms with Gasteiger partial charge in [0.1, 0.15) is 0 Å². The molecule has 19 heavy (non-hydrogen) atoms. The van der Waals surface area contributed by atoms with Gasteiger partial charge in [0.05, 0.1) is 5.71 Å². The highest BCUT2D eigenvalue weighted by atomic mass is 16.5. The fraction of sp³-hybridized carbons (Fsp3) is 0.429. The van der Waals surface area contributed by atoms with E-state index < -0.39 is 0 Å². The van der Waals surface area contributed by atoms with E-state index in [1.807, 2.05) is 6.92 Å². The molecular weight excluding hydrogens is 244 g/mol. The molecule has 5 heteroatoms. The molecule has 2 N–H and O–H groups in total. The zero-order valence-corrected chi connectivity index (χ0v) is 11.3. The van der Waals surface area contributed by atoms with Crippen molar-refractivity contribution in [2.45, 2.75) is 26.7 Å². The summed E-state index contributed by atoms with van der Waals surface area (Å²) in [5.41, 5.74) is 2.09. The Morgan fingerprint density at radius 1 is 1.37 bits per heavy atom. The fourth-order valence-electron chi connectivity index (χ4n) is 1.56. The number of oxime groups is 1. The lowest BCUT2D eigenvalue weighted by atomic mass is 10.1. The number of hydrogen-bond donors (Lipinski definition) is 2. The minimum atomic E-state index is -0.0278. The van der Waals surface area contributed by atoms with E-state index in [0.717, 1.165) is 11.3 Å². The number of amides is 1. The number of nitrogens with zero attached hydrogens (tertiary/aromatic N) is 1. The van der Waals surface area contributed by atoms with Crippen LogP contribution in [0.15, 0.2) is 29.4 Å². The number of benzene rings is 1. The van der Waals surface area contributed by atoms with Crippen molar-refractivity contribution in [1.82, 2.24) is 0 Å². The van der Waals surface area contributed by atoms with Crippen LogP contribution in [0.5, 0.6) is 0 Å². The van der Waals surface area contributed by atoms with Gasteiger partial charge in [0.25, 0.3) is 0 Å². The van der Waals surface area contributed by atoms with Crippen molar-refractivity contribution in [1.29, 1.82) is 0 Å². The van der Waals surface area contributed by atoms with Crippen molar-refractivity contribution in [3.05, 3.63) is 29.8 Å². The van der Waals surface area contributed by atoms with Crippen molar-refractivity contribution < 1.29 is 14.7 Å². The summed E-state index contributed by atoms with van der Waals surface area (Å²) in [5.74, 6) is -0.0278. The number of ether oxygens (including phenoxy) is 1. The second kappa shape index (κ2) is 8.26. The smallest absolute Gasteiger partial charge is 0.224 e. The van der Waals surface area contributed by atoms with Gasteiger partial charge in [0.15, 0.2) is 0 Å². The molecule has 104 valence electrons. The summed E-state index contributed by atoms with van der Waals surface area (Å²) in [5, 5.41) is 14.6. The zero-order chi connectivity index (χ0) is 14.1. The minimum Gasteiger partial charge on any atom is -0.411 e. The summed E-state index contributed by atoms with van der Waals surface area (Å²) >= 11 is 0. The highest BCUT2D eigenvalue weighted by Crippen LogP contribution is 2.11. The summed E-state index contributed by atoms with van der Waals surface area (Å²) in [7, 11) is 0. The van der Waals surface area contributed by atoms with Crippen LogP contribution in [0.25, 0.3) is 0 Å². The minimum absolute atomic E-state index is 0.0278. The van der Waals surface area contributed by atoms with Gasteiger partial charge in [0.2, 0.25) is 5.91 Å². The van der Waals surface area contributed by atoms with Crippen LogP contribution in [-0.4, -0.2) is 30.0 Å². The standard InChI is InChI=1S/C14H20N2O3/c1-3-19-10-4-5-14(17)15-13-8-6-12(7-9-13)11(2)16-18/h6-9,18H,3-5,10H2,1-2H3,(H,15,17). The molecule has 0 aliphatic carbocycles. The van der Waals surface area contributed by atoms with Gasteiger partial charge in [0, 0.05) is 25.3 Å². The topological polar surface area (TPSA) is 70.9 Å². The molecule has 0 atom stereocenters. The first-order valence-electron chi connectivity index (χ1n) is 6.34. The molecule has 0 aliphatic heterocycles. The summed E-state index contributed by atoms with van der Waals surface area (Å²) in [4.78, 5) is 11.6. The van der Waals surface area contributed by atoms with Crippen LogP contribution in [0.3, 0.4) is 0 Å². The predicted octanol–water partition coefficient (Wildman–Crippen LogP) is 2.64. The normalized spacial score (nSPS) is 11.4. The molecular formula is C14H20N2O3. The maximum atomic E-state index is 11.6. The molecule has 0 radical (unpaired) electrons. The molecule has 0 saturated heterocycles. The quantitative estimate of drug-likeness (QED) is 0.344. The Hall–Kier alpha value is -1.88. The summed E-state index contributed by atoms with van der Waals surface area (Å²) in [6.07, 6.45) is 1.16. The van der Waals surface area contributed by atoms with Crippen LogP contribution in [0.4, 0.5) is 5.69 Å². The van der Waals surface area contributed by atoms with Gasteiger partial charge >= 0.3 is 0 Å². The fourth-order valence-corrected chi connectivity index (χ4v) is 1.56. The number of nitrogens with one attached hydrogen (secondary N) is 1. The maximum Gasteiger partial charge on any atom is 0.224 e. The first kappa shape index (κ1) is 15.2. The van der Waals surface area contributed by atoms with Crippen molar-refractivity contribution in [2.75, 3.05) is 18.5 Å². The second-order valence-electron chi connectivity index (χ2n) is 4.11. The van der Waals surface area contributed by atoms with Crippen LogP contribution >= 0.6 is 0 Å². The molecule has 0 unspecified atom stereocenters. The van der Waals surface area contributed by atoms with Gasteiger partial charge < -0.3 is 15.3 Å². The third-order valence-electron chi connectivity index (χ3n) is 2.63. The lowest BCUT2D eigenvalue weighted by molar-refractivity contribution is -0.116. The highest BCUT2D eigenvalue weighted by Gasteiger charge is 2.03. The van der Waals surface area contributed by atoms with Crippen molar-refractivity contribution >= 4 is 17.3 Å². The van der Waals surface area contributed by atoms with Crippen LogP contribution in [0.2, 0.25) is 0 Å². The molecule has 0 aliphatic rings. The number of carbonyl (C=O) groups is 1.